The Morgan fingerprint density at radius 3 is 2.16 bits per heavy atom. The minimum Gasteiger partial charge on any atom is -0.466 e. The van der Waals surface area contributed by atoms with Crippen LogP contribution < -0.4 is 0 Å². The quantitative estimate of drug-likeness (QED) is 0.777. The van der Waals surface area contributed by atoms with E-state index >= 15 is 0 Å². The van der Waals surface area contributed by atoms with Crippen molar-refractivity contribution in [3.05, 3.63) is 29.3 Å². The van der Waals surface area contributed by atoms with Crippen LogP contribution in [0.1, 0.15) is 19.4 Å². The first kappa shape index (κ1) is 15.6. The second-order valence-corrected chi connectivity index (χ2v) is 6.03. The fourth-order valence-electron chi connectivity index (χ4n) is 1.45. The van der Waals surface area contributed by atoms with Crippen LogP contribution in [0.3, 0.4) is 0 Å². The fourth-order valence-corrected chi connectivity index (χ4v) is 2.35. The third kappa shape index (κ3) is 3.73. The van der Waals surface area contributed by atoms with Crippen molar-refractivity contribution in [3.63, 3.8) is 0 Å². The third-order valence-electron chi connectivity index (χ3n) is 2.48. The molecule has 0 aliphatic carbocycles. The first-order valence-corrected chi connectivity index (χ1v) is 7.33. The molecule has 0 N–H and O–H groups in total. The maximum Gasteiger partial charge on any atom is 0.310 e. The normalized spacial score (nSPS) is 11.4. The molecule has 0 aromatic heterocycles. The van der Waals surface area contributed by atoms with E-state index in [0.717, 1.165) is 12.1 Å². The lowest BCUT2D eigenvalue weighted by Crippen LogP contribution is -2.12. The molecular formula is C12H14F2O4S. The predicted octanol–water partition coefficient (Wildman–Crippen LogP) is 1.86. The number of hydrogen-bond acceptors (Lipinski definition) is 4. The second-order valence-electron chi connectivity index (χ2n) is 3.75. The lowest BCUT2D eigenvalue weighted by atomic mass is 10.1. The van der Waals surface area contributed by atoms with Gasteiger partial charge < -0.3 is 4.74 Å². The maximum atomic E-state index is 13.7. The molecule has 0 atom stereocenters. The van der Waals surface area contributed by atoms with E-state index in [9.17, 15) is 22.0 Å². The summed E-state index contributed by atoms with van der Waals surface area (Å²) in [7, 11) is -3.69. The Morgan fingerprint density at radius 2 is 1.74 bits per heavy atom. The largest absolute Gasteiger partial charge is 0.466 e. The highest BCUT2D eigenvalue weighted by Gasteiger charge is 2.20. The van der Waals surface area contributed by atoms with Gasteiger partial charge in [-0.15, -0.1) is 0 Å². The minimum absolute atomic E-state index is 0.102. The number of hydrogen-bond donors (Lipinski definition) is 0. The van der Waals surface area contributed by atoms with Crippen molar-refractivity contribution in [2.24, 2.45) is 0 Å². The first-order chi connectivity index (χ1) is 8.81. The molecule has 4 nitrogen and oxygen atoms in total. The zero-order valence-corrected chi connectivity index (χ0v) is 11.4. The highest BCUT2D eigenvalue weighted by molar-refractivity contribution is 7.91. The van der Waals surface area contributed by atoms with E-state index in [1.807, 2.05) is 0 Å². The molecule has 0 amide bonds. The Hall–Kier alpha value is -1.50. The van der Waals surface area contributed by atoms with Gasteiger partial charge >= 0.3 is 5.97 Å². The topological polar surface area (TPSA) is 60.4 Å². The Balaban J connectivity index is 3.15. The summed E-state index contributed by atoms with van der Waals surface area (Å²) in [5.74, 6) is -3.17. The van der Waals surface area contributed by atoms with Gasteiger partial charge in [-0.25, -0.2) is 17.2 Å². The molecule has 0 spiro atoms. The van der Waals surface area contributed by atoms with Crippen LogP contribution in [-0.4, -0.2) is 26.7 Å². The van der Waals surface area contributed by atoms with Gasteiger partial charge in [0.15, 0.2) is 9.84 Å². The summed E-state index contributed by atoms with van der Waals surface area (Å²) < 4.78 is 54.9. The molecule has 0 aliphatic rings. The van der Waals surface area contributed by atoms with Crippen molar-refractivity contribution in [3.8, 4) is 0 Å². The zero-order chi connectivity index (χ0) is 14.6. The van der Waals surface area contributed by atoms with Gasteiger partial charge in [-0.1, -0.05) is 6.92 Å². The van der Waals surface area contributed by atoms with E-state index in [0.29, 0.717) is 0 Å². The number of carbonyl (C=O) groups is 1. The molecular weight excluding hydrogens is 278 g/mol. The van der Waals surface area contributed by atoms with Crippen molar-refractivity contribution in [1.82, 2.24) is 0 Å². The molecule has 0 saturated carbocycles. The summed E-state index contributed by atoms with van der Waals surface area (Å²) in [4.78, 5) is 10.7. The fraction of sp³-hybridized carbons (Fsp3) is 0.417. The van der Waals surface area contributed by atoms with E-state index in [1.165, 1.54) is 6.92 Å². The summed E-state index contributed by atoms with van der Waals surface area (Å²) in [5, 5.41) is 0. The van der Waals surface area contributed by atoms with Gasteiger partial charge in [-0.3, -0.25) is 4.79 Å². The van der Waals surface area contributed by atoms with Crippen molar-refractivity contribution in [1.29, 1.82) is 0 Å². The molecule has 1 aromatic rings. The van der Waals surface area contributed by atoms with Gasteiger partial charge in [0.05, 0.1) is 23.7 Å². The van der Waals surface area contributed by atoms with Crippen molar-refractivity contribution in [2.45, 2.75) is 25.2 Å². The zero-order valence-electron chi connectivity index (χ0n) is 10.6. The number of esters is 1. The molecule has 0 bridgehead atoms. The van der Waals surface area contributed by atoms with Gasteiger partial charge in [0.25, 0.3) is 0 Å². The maximum absolute atomic E-state index is 13.7. The molecule has 0 heterocycles. The van der Waals surface area contributed by atoms with Gasteiger partial charge in [0.1, 0.15) is 11.6 Å². The molecule has 1 rings (SSSR count). The smallest absolute Gasteiger partial charge is 0.310 e. The number of ether oxygens (including phenoxy) is 1. The van der Waals surface area contributed by atoms with Gasteiger partial charge in [0.2, 0.25) is 0 Å². The summed E-state index contributed by atoms with van der Waals surface area (Å²) in [6.45, 7) is 3.05. The average Bonchev–Trinajstić information content (AvgIpc) is 2.33. The Bertz CT molecular complexity index is 558. The molecule has 0 fully saturated rings. The molecule has 106 valence electrons. The highest BCUT2D eigenvalue weighted by Crippen LogP contribution is 2.20. The van der Waals surface area contributed by atoms with Crippen molar-refractivity contribution >= 4 is 15.8 Å². The number of rotatable bonds is 5. The molecule has 0 radical (unpaired) electrons. The van der Waals surface area contributed by atoms with Crippen LogP contribution in [0.4, 0.5) is 8.78 Å². The van der Waals surface area contributed by atoms with Crippen molar-refractivity contribution < 1.29 is 26.7 Å². The van der Waals surface area contributed by atoms with Crippen LogP contribution in [0, 0.1) is 11.6 Å². The SMILES string of the molecule is CCOC(=O)Cc1c(F)cc(S(=O)(=O)CC)cc1F. The Kier molecular flexibility index (Phi) is 4.99. The highest BCUT2D eigenvalue weighted by atomic mass is 32.2. The number of sulfone groups is 1. The van der Waals surface area contributed by atoms with E-state index in [1.54, 1.807) is 6.92 Å². The van der Waals surface area contributed by atoms with Gasteiger partial charge in [-0.05, 0) is 19.1 Å². The van der Waals surface area contributed by atoms with Crippen LogP contribution in [0.25, 0.3) is 0 Å². The van der Waals surface area contributed by atoms with Gasteiger partial charge in [-0.2, -0.15) is 0 Å². The monoisotopic (exact) mass is 292 g/mol. The minimum atomic E-state index is -3.69. The lowest BCUT2D eigenvalue weighted by Gasteiger charge is -2.08. The number of halogens is 2. The molecule has 0 unspecified atom stereocenters. The van der Waals surface area contributed by atoms with E-state index < -0.39 is 44.3 Å². The molecule has 0 aliphatic heterocycles. The molecule has 0 saturated heterocycles. The van der Waals surface area contributed by atoms with Gasteiger partial charge in [0, 0.05) is 5.56 Å². The van der Waals surface area contributed by atoms with E-state index in [2.05, 4.69) is 4.74 Å². The second kappa shape index (κ2) is 6.10. The Morgan fingerprint density at radius 1 is 1.21 bits per heavy atom. The number of benzene rings is 1. The number of carbonyl (C=O) groups excluding carboxylic acids is 1. The van der Waals surface area contributed by atoms with Crippen LogP contribution in [0.15, 0.2) is 17.0 Å². The summed E-state index contributed by atoms with van der Waals surface area (Å²) in [5.41, 5.74) is -0.492. The van der Waals surface area contributed by atoms with E-state index in [-0.39, 0.29) is 12.4 Å². The summed E-state index contributed by atoms with van der Waals surface area (Å²) >= 11 is 0. The summed E-state index contributed by atoms with van der Waals surface area (Å²) in [6, 6.07) is 1.44. The van der Waals surface area contributed by atoms with E-state index in [4.69, 9.17) is 0 Å². The average molecular weight is 292 g/mol. The van der Waals surface area contributed by atoms with Crippen LogP contribution in [-0.2, 0) is 25.8 Å². The predicted molar refractivity (Wildman–Crippen MR) is 64.4 cm³/mol. The molecule has 1 aromatic carbocycles. The summed E-state index contributed by atoms with van der Waals surface area (Å²) in [6.07, 6.45) is -0.571. The Labute approximate surface area is 110 Å². The van der Waals surface area contributed by atoms with Crippen LogP contribution in [0.2, 0.25) is 0 Å². The molecule has 7 heteroatoms. The standard InChI is InChI=1S/C12H14F2O4S/c1-3-18-12(15)7-9-10(13)5-8(6-11(9)14)19(16,17)4-2/h5-6H,3-4,7H2,1-2H3. The third-order valence-corrected chi connectivity index (χ3v) is 4.19. The van der Waals surface area contributed by atoms with Crippen LogP contribution in [0.5, 0.6) is 0 Å². The first-order valence-electron chi connectivity index (χ1n) is 5.68. The molecule has 19 heavy (non-hydrogen) atoms. The van der Waals surface area contributed by atoms with Crippen molar-refractivity contribution in [2.75, 3.05) is 12.4 Å². The lowest BCUT2D eigenvalue weighted by molar-refractivity contribution is -0.142. The van der Waals surface area contributed by atoms with Crippen LogP contribution >= 0.6 is 0 Å².